The number of hydrogen-bond donors (Lipinski definition) is 2. The topological polar surface area (TPSA) is 48.4 Å². The van der Waals surface area contributed by atoms with Crippen molar-refractivity contribution in [1.29, 1.82) is 0 Å². The van der Waals surface area contributed by atoms with Gasteiger partial charge in [-0.1, -0.05) is 45.7 Å². The predicted molar refractivity (Wildman–Crippen MR) is 90.4 cm³/mol. The molecule has 2 aromatic carbocycles. The lowest BCUT2D eigenvalue weighted by Crippen LogP contribution is -1.85. The first-order chi connectivity index (χ1) is 10.1. The van der Waals surface area contributed by atoms with Gasteiger partial charge >= 0.3 is 0 Å². The van der Waals surface area contributed by atoms with Crippen molar-refractivity contribution in [1.82, 2.24) is 4.98 Å². The molecule has 1 heterocycles. The Morgan fingerprint density at radius 1 is 1.24 bits per heavy atom. The number of H-pyrrole nitrogens is 1. The largest absolute Gasteiger partial charge is 0.494 e. The second-order valence-electron chi connectivity index (χ2n) is 4.64. The molecule has 0 radical (unpaired) electrons. The fraction of sp³-hybridized carbons (Fsp3) is 0.0625. The Hall–Kier alpha value is -1.78. The molecule has 3 aromatic rings. The Morgan fingerprint density at radius 2 is 2.05 bits per heavy atom. The monoisotopic (exact) mass is 362 g/mol. The van der Waals surface area contributed by atoms with Gasteiger partial charge in [-0.3, -0.25) is 4.99 Å². The average Bonchev–Trinajstić information content (AvgIpc) is 2.77. The number of benzene rings is 2. The van der Waals surface area contributed by atoms with Crippen molar-refractivity contribution in [2.24, 2.45) is 4.99 Å². The minimum atomic E-state index is 0.117. The van der Waals surface area contributed by atoms with E-state index in [4.69, 9.17) is 11.6 Å². The number of fused-ring (bicyclic) bond motifs is 1. The van der Waals surface area contributed by atoms with Crippen molar-refractivity contribution in [3.05, 3.63) is 63.1 Å². The van der Waals surface area contributed by atoms with Crippen molar-refractivity contribution >= 4 is 44.6 Å². The SMILES string of the molecule is Oc1[nH]c2ccc(Br)cc2c1C=NCc1ccccc1Cl. The maximum absolute atomic E-state index is 9.99. The summed E-state index contributed by atoms with van der Waals surface area (Å²) in [5.74, 6) is 0.117. The summed E-state index contributed by atoms with van der Waals surface area (Å²) in [6, 6.07) is 13.4. The summed E-state index contributed by atoms with van der Waals surface area (Å²) >= 11 is 9.53. The minimum Gasteiger partial charge on any atom is -0.494 e. The molecule has 0 unspecified atom stereocenters. The molecule has 0 aliphatic carbocycles. The molecular weight excluding hydrogens is 352 g/mol. The van der Waals surface area contributed by atoms with Gasteiger partial charge in [0.05, 0.1) is 12.1 Å². The lowest BCUT2D eigenvalue weighted by molar-refractivity contribution is 0.457. The summed E-state index contributed by atoms with van der Waals surface area (Å²) < 4.78 is 0.953. The number of rotatable bonds is 3. The van der Waals surface area contributed by atoms with E-state index in [-0.39, 0.29) is 5.88 Å². The quantitative estimate of drug-likeness (QED) is 0.638. The van der Waals surface area contributed by atoms with Gasteiger partial charge in [0.15, 0.2) is 5.88 Å². The number of aliphatic imine (C=N–C) groups is 1. The number of halogens is 2. The molecule has 2 N–H and O–H groups in total. The molecule has 0 bridgehead atoms. The van der Waals surface area contributed by atoms with Crippen LogP contribution in [0, 0.1) is 0 Å². The number of aromatic hydroxyl groups is 1. The van der Waals surface area contributed by atoms with E-state index in [2.05, 4.69) is 25.9 Å². The first kappa shape index (κ1) is 14.2. The summed E-state index contributed by atoms with van der Waals surface area (Å²) in [4.78, 5) is 7.31. The van der Waals surface area contributed by atoms with Crippen LogP contribution in [0.5, 0.6) is 5.88 Å². The number of nitrogens with one attached hydrogen (secondary N) is 1. The lowest BCUT2D eigenvalue weighted by atomic mass is 10.2. The van der Waals surface area contributed by atoms with Gasteiger partial charge in [0.25, 0.3) is 0 Å². The Balaban J connectivity index is 1.91. The van der Waals surface area contributed by atoms with Crippen LogP contribution in [0.3, 0.4) is 0 Å². The van der Waals surface area contributed by atoms with Crippen LogP contribution in [0.4, 0.5) is 0 Å². The summed E-state index contributed by atoms with van der Waals surface area (Å²) in [5.41, 5.74) is 2.50. The Labute approximate surface area is 135 Å². The van der Waals surface area contributed by atoms with Gasteiger partial charge in [0, 0.05) is 26.6 Å². The highest BCUT2D eigenvalue weighted by atomic mass is 79.9. The molecule has 0 aliphatic heterocycles. The third-order valence-corrected chi connectivity index (χ3v) is 4.08. The van der Waals surface area contributed by atoms with E-state index in [1.165, 1.54) is 0 Å². The van der Waals surface area contributed by atoms with Crippen LogP contribution < -0.4 is 0 Å². The van der Waals surface area contributed by atoms with E-state index in [9.17, 15) is 5.11 Å². The fourth-order valence-electron chi connectivity index (χ4n) is 2.16. The Morgan fingerprint density at radius 3 is 2.86 bits per heavy atom. The minimum absolute atomic E-state index is 0.117. The molecule has 0 saturated heterocycles. The van der Waals surface area contributed by atoms with E-state index >= 15 is 0 Å². The maximum Gasteiger partial charge on any atom is 0.198 e. The molecule has 21 heavy (non-hydrogen) atoms. The maximum atomic E-state index is 9.99. The van der Waals surface area contributed by atoms with Gasteiger partial charge in [-0.15, -0.1) is 0 Å². The number of aromatic nitrogens is 1. The number of nitrogens with zero attached hydrogens (tertiary/aromatic N) is 1. The Kier molecular flexibility index (Phi) is 3.99. The van der Waals surface area contributed by atoms with Crippen LogP contribution in [0.15, 0.2) is 51.9 Å². The first-order valence-electron chi connectivity index (χ1n) is 6.38. The van der Waals surface area contributed by atoms with Crippen LogP contribution in [0.25, 0.3) is 10.9 Å². The zero-order valence-electron chi connectivity index (χ0n) is 11.0. The van der Waals surface area contributed by atoms with Gasteiger partial charge in [-0.25, -0.2) is 0 Å². The second-order valence-corrected chi connectivity index (χ2v) is 5.96. The molecule has 3 rings (SSSR count). The molecule has 5 heteroatoms. The van der Waals surface area contributed by atoms with E-state index in [0.29, 0.717) is 17.1 Å². The molecule has 0 fully saturated rings. The lowest BCUT2D eigenvalue weighted by Gasteiger charge is -1.99. The van der Waals surface area contributed by atoms with Gasteiger partial charge in [0.1, 0.15) is 0 Å². The molecular formula is C16H12BrClN2O. The third kappa shape index (κ3) is 2.96. The van der Waals surface area contributed by atoms with Gasteiger partial charge in [-0.05, 0) is 29.8 Å². The van der Waals surface area contributed by atoms with Gasteiger partial charge < -0.3 is 10.1 Å². The smallest absolute Gasteiger partial charge is 0.198 e. The van der Waals surface area contributed by atoms with Crippen LogP contribution in [0.1, 0.15) is 11.1 Å². The van der Waals surface area contributed by atoms with Crippen LogP contribution in [-0.2, 0) is 6.54 Å². The standard InChI is InChI=1S/C16H12BrClN2O/c17-11-5-6-15-12(7-11)13(16(21)20-15)9-19-8-10-3-1-2-4-14(10)18/h1-7,9,20-21H,8H2. The van der Waals surface area contributed by atoms with E-state index in [1.807, 2.05) is 42.5 Å². The molecule has 106 valence electrons. The van der Waals surface area contributed by atoms with Crippen molar-refractivity contribution in [2.45, 2.75) is 6.54 Å². The van der Waals surface area contributed by atoms with Crippen LogP contribution in [-0.4, -0.2) is 16.3 Å². The van der Waals surface area contributed by atoms with Crippen LogP contribution in [0.2, 0.25) is 5.02 Å². The zero-order valence-corrected chi connectivity index (χ0v) is 13.3. The van der Waals surface area contributed by atoms with Gasteiger partial charge in [0.2, 0.25) is 0 Å². The highest BCUT2D eigenvalue weighted by Crippen LogP contribution is 2.28. The number of hydrogen-bond acceptors (Lipinski definition) is 2. The highest BCUT2D eigenvalue weighted by molar-refractivity contribution is 9.10. The predicted octanol–water partition coefficient (Wildman–Crippen LogP) is 4.91. The summed E-state index contributed by atoms with van der Waals surface area (Å²) in [6.45, 7) is 0.472. The second kappa shape index (κ2) is 5.92. The molecule has 3 nitrogen and oxygen atoms in total. The molecule has 0 atom stereocenters. The average molecular weight is 364 g/mol. The normalized spacial score (nSPS) is 11.5. The zero-order chi connectivity index (χ0) is 14.8. The molecule has 1 aromatic heterocycles. The molecule has 0 spiro atoms. The molecule has 0 amide bonds. The van der Waals surface area contributed by atoms with Crippen LogP contribution >= 0.6 is 27.5 Å². The Bertz CT molecular complexity index is 826. The summed E-state index contributed by atoms with van der Waals surface area (Å²) in [6.07, 6.45) is 1.67. The van der Waals surface area contributed by atoms with E-state index in [0.717, 1.165) is 20.9 Å². The number of aromatic amines is 1. The summed E-state index contributed by atoms with van der Waals surface area (Å²) in [5, 5.41) is 11.6. The first-order valence-corrected chi connectivity index (χ1v) is 7.55. The molecule has 0 aliphatic rings. The van der Waals surface area contributed by atoms with E-state index < -0.39 is 0 Å². The third-order valence-electron chi connectivity index (χ3n) is 3.22. The summed E-state index contributed by atoms with van der Waals surface area (Å²) in [7, 11) is 0. The fourth-order valence-corrected chi connectivity index (χ4v) is 2.72. The molecule has 0 saturated carbocycles. The van der Waals surface area contributed by atoms with Crippen molar-refractivity contribution in [2.75, 3.05) is 0 Å². The van der Waals surface area contributed by atoms with Gasteiger partial charge in [-0.2, -0.15) is 0 Å². The highest BCUT2D eigenvalue weighted by Gasteiger charge is 2.09. The van der Waals surface area contributed by atoms with Crippen molar-refractivity contribution < 1.29 is 5.11 Å². The van der Waals surface area contributed by atoms with Crippen molar-refractivity contribution in [3.63, 3.8) is 0 Å². The van der Waals surface area contributed by atoms with E-state index in [1.54, 1.807) is 6.21 Å². The van der Waals surface area contributed by atoms with Crippen molar-refractivity contribution in [3.8, 4) is 5.88 Å².